The molecule has 5 heterocycles. The fourth-order valence-corrected chi connectivity index (χ4v) is 6.28. The minimum absolute atomic E-state index is 0.0402. The number of benzene rings is 2. The second-order valence-electron chi connectivity index (χ2n) is 12.5. The van der Waals surface area contributed by atoms with Gasteiger partial charge in [-0.3, -0.25) is 19.5 Å². The van der Waals surface area contributed by atoms with E-state index in [-0.39, 0.29) is 22.9 Å². The van der Waals surface area contributed by atoms with Crippen LogP contribution < -0.4 is 26.5 Å². The summed E-state index contributed by atoms with van der Waals surface area (Å²) in [6.07, 6.45) is -0.155. The van der Waals surface area contributed by atoms with E-state index in [0.717, 1.165) is 45.1 Å². The number of nitriles is 1. The molecule has 15 nitrogen and oxygen atoms in total. The van der Waals surface area contributed by atoms with Crippen LogP contribution in [0.25, 0.3) is 16.9 Å². The van der Waals surface area contributed by atoms with E-state index in [1.807, 2.05) is 4.90 Å². The van der Waals surface area contributed by atoms with Gasteiger partial charge in [-0.25, -0.2) is 19.9 Å². The number of carbonyl (C=O) groups excluding carboxylic acids is 1. The summed E-state index contributed by atoms with van der Waals surface area (Å²) in [6.45, 7) is 8.53. The Morgan fingerprint density at radius 1 is 1.09 bits per heavy atom. The molecule has 2 aromatic heterocycles. The summed E-state index contributed by atoms with van der Waals surface area (Å²) in [4.78, 5) is 28.7. The quantitative estimate of drug-likeness (QED) is 0.115. The van der Waals surface area contributed by atoms with Crippen molar-refractivity contribution in [3.63, 3.8) is 0 Å². The number of amides is 1. The number of nitrogens with zero attached hydrogens (tertiary/aromatic N) is 8. The molecule has 7 rings (SSSR count). The summed E-state index contributed by atoms with van der Waals surface area (Å²) in [6, 6.07) is 9.41. The van der Waals surface area contributed by atoms with Gasteiger partial charge in [0.15, 0.2) is 35.4 Å². The Labute approximate surface area is 315 Å². The topological polar surface area (TPSA) is 171 Å². The minimum Gasteiger partial charge on any atom is -0.505 e. The number of fused-ring (bicyclic) bond motifs is 1. The second kappa shape index (κ2) is 16.7. The Hall–Kier alpha value is -5.75. The number of amidine groups is 1. The third-order valence-electron chi connectivity index (χ3n) is 8.99. The van der Waals surface area contributed by atoms with E-state index < -0.39 is 30.2 Å². The number of hydrazine groups is 2. The van der Waals surface area contributed by atoms with Crippen LogP contribution in [-0.4, -0.2) is 111 Å². The Morgan fingerprint density at radius 3 is 2.47 bits per heavy atom. The first-order valence-corrected chi connectivity index (χ1v) is 17.1. The number of anilines is 2. The molecule has 2 saturated heterocycles. The molecule has 0 saturated carbocycles. The number of imidazole rings is 1. The van der Waals surface area contributed by atoms with E-state index in [4.69, 9.17) is 26.7 Å². The molecule has 55 heavy (non-hydrogen) atoms. The van der Waals surface area contributed by atoms with Crippen molar-refractivity contribution >= 4 is 40.5 Å². The number of hydrogen-bond donors (Lipinski definition) is 5. The van der Waals surface area contributed by atoms with E-state index in [1.165, 1.54) is 24.5 Å². The van der Waals surface area contributed by atoms with Crippen molar-refractivity contribution < 1.29 is 36.6 Å². The highest BCUT2D eigenvalue weighted by Crippen LogP contribution is 2.32. The van der Waals surface area contributed by atoms with E-state index in [0.29, 0.717) is 46.7 Å². The lowest BCUT2D eigenvalue weighted by molar-refractivity contribution is -0.119. The lowest BCUT2D eigenvalue weighted by Crippen LogP contribution is -2.56. The van der Waals surface area contributed by atoms with Crippen molar-refractivity contribution in [1.82, 2.24) is 45.6 Å². The van der Waals surface area contributed by atoms with Gasteiger partial charge < -0.3 is 25.0 Å². The van der Waals surface area contributed by atoms with Gasteiger partial charge in [0.05, 0.1) is 22.5 Å². The molecule has 2 fully saturated rings. The van der Waals surface area contributed by atoms with Crippen LogP contribution in [0.4, 0.5) is 33.5 Å². The van der Waals surface area contributed by atoms with Crippen molar-refractivity contribution in [1.29, 1.82) is 5.26 Å². The molecule has 5 N–H and O–H groups in total. The lowest BCUT2D eigenvalue weighted by atomic mass is 9.99. The summed E-state index contributed by atoms with van der Waals surface area (Å²) in [5.74, 6) is -2.85. The molecular formula is C34H34ClF5N12O3. The summed E-state index contributed by atoms with van der Waals surface area (Å²) >= 11 is 6.61. The first-order valence-electron chi connectivity index (χ1n) is 16.7. The Kier molecular flexibility index (Phi) is 11.8. The molecule has 0 bridgehead atoms. The maximum absolute atomic E-state index is 15.0. The number of hydrogen-bond acceptors (Lipinski definition) is 13. The Morgan fingerprint density at radius 2 is 1.82 bits per heavy atom. The number of rotatable bonds is 10. The van der Waals surface area contributed by atoms with Crippen LogP contribution in [0, 0.1) is 28.9 Å². The molecular weight excluding hydrogens is 755 g/mol. The van der Waals surface area contributed by atoms with Crippen LogP contribution in [-0.2, 0) is 0 Å². The molecule has 4 aromatic rings. The summed E-state index contributed by atoms with van der Waals surface area (Å²) < 4.78 is 68.6. The molecule has 0 aliphatic carbocycles. The van der Waals surface area contributed by atoms with Crippen LogP contribution in [0.15, 0.2) is 66.4 Å². The number of ether oxygens (including phenoxy) is 1. The largest absolute Gasteiger partial charge is 0.505 e. The zero-order valence-corrected chi connectivity index (χ0v) is 29.6. The van der Waals surface area contributed by atoms with Gasteiger partial charge in [-0.15, -0.1) is 10.6 Å². The van der Waals surface area contributed by atoms with E-state index in [1.54, 1.807) is 34.9 Å². The fraction of sp³-hybridized carbons (Fsp3) is 0.324. The maximum Gasteiger partial charge on any atom is 0.448 e. The molecule has 1 amide bonds. The Bertz CT molecular complexity index is 2130. The van der Waals surface area contributed by atoms with E-state index >= 15 is 0 Å². The number of halogens is 6. The van der Waals surface area contributed by atoms with Gasteiger partial charge in [0, 0.05) is 81.9 Å². The van der Waals surface area contributed by atoms with Crippen LogP contribution in [0.3, 0.4) is 0 Å². The van der Waals surface area contributed by atoms with E-state index in [2.05, 4.69) is 53.3 Å². The van der Waals surface area contributed by atoms with Crippen LogP contribution in [0.1, 0.15) is 10.4 Å². The van der Waals surface area contributed by atoms with Gasteiger partial charge in [0.1, 0.15) is 11.9 Å². The third-order valence-corrected chi connectivity index (χ3v) is 9.30. The summed E-state index contributed by atoms with van der Waals surface area (Å²) in [5, 5.41) is 23.9. The van der Waals surface area contributed by atoms with Gasteiger partial charge in [0.25, 0.3) is 5.91 Å². The van der Waals surface area contributed by atoms with Crippen molar-refractivity contribution in [3.8, 4) is 23.1 Å². The smallest absolute Gasteiger partial charge is 0.448 e. The number of alkyl halides is 3. The molecule has 21 heteroatoms. The molecule has 0 radical (unpaired) electrons. The Balaban J connectivity index is 0.000000672. The minimum atomic E-state index is -4.64. The molecule has 0 unspecified atom stereocenters. The monoisotopic (exact) mass is 788 g/mol. The van der Waals surface area contributed by atoms with Gasteiger partial charge in [0.2, 0.25) is 5.82 Å². The predicted octanol–water partition coefficient (Wildman–Crippen LogP) is 4.21. The number of aliphatic hydroxyl groups excluding tert-OH is 1. The number of hydrazone groups is 1. The van der Waals surface area contributed by atoms with Gasteiger partial charge in [-0.2, -0.15) is 22.8 Å². The van der Waals surface area contributed by atoms with Gasteiger partial charge in [-0.05, 0) is 30.3 Å². The molecule has 2 aromatic carbocycles. The number of nitrogens with one attached hydrogen (secondary N) is 4. The zero-order valence-electron chi connectivity index (χ0n) is 28.9. The highest BCUT2D eigenvalue weighted by Gasteiger charge is 2.33. The number of allylic oxidation sites excluding steroid dienone is 1. The van der Waals surface area contributed by atoms with Gasteiger partial charge >= 0.3 is 6.18 Å². The first kappa shape index (κ1) is 39.0. The van der Waals surface area contributed by atoms with Crippen molar-refractivity contribution in [2.45, 2.75) is 6.18 Å². The molecule has 290 valence electrons. The molecule has 3 aliphatic heterocycles. The van der Waals surface area contributed by atoms with Crippen molar-refractivity contribution in [2.75, 3.05) is 64.3 Å². The summed E-state index contributed by atoms with van der Waals surface area (Å²) in [5.41, 5.74) is 10.1. The number of piperazine rings is 1. The van der Waals surface area contributed by atoms with Crippen LogP contribution in [0.5, 0.6) is 5.75 Å². The highest BCUT2D eigenvalue weighted by atomic mass is 35.5. The standard InChI is InChI=1S/C31H31ClF2N12O2.C3H3F3O/c32-23-15-20(38-29-30-37-16-24(46(30)7-6-36-29)22-3-4-25(48-14-5-35)27(34)26(22)33)1-2-21(23)31(47)45-12-10-43(11-13-45)8-9-44-17-19(18-44)28-39-41-42-40-28;1-2(7)3(4,5)6/h1-4,6-7,15-16,19,41-42H,8-14,17-18H2,(H,36,38)(H,39,40);7H,1H2. The number of aromatic nitrogens is 3. The lowest BCUT2D eigenvalue weighted by Gasteiger charge is -2.41. The highest BCUT2D eigenvalue weighted by molar-refractivity contribution is 6.34. The van der Waals surface area contributed by atoms with Crippen molar-refractivity contribution in [3.05, 3.63) is 83.5 Å². The molecule has 0 atom stereocenters. The third kappa shape index (κ3) is 8.97. The van der Waals surface area contributed by atoms with Crippen LogP contribution in [0.2, 0.25) is 5.02 Å². The first-order chi connectivity index (χ1) is 26.3. The zero-order chi connectivity index (χ0) is 39.3. The average Bonchev–Trinajstić information content (AvgIpc) is 3.83. The summed E-state index contributed by atoms with van der Waals surface area (Å²) in [7, 11) is 0. The van der Waals surface area contributed by atoms with E-state index in [9.17, 15) is 26.7 Å². The van der Waals surface area contributed by atoms with Crippen molar-refractivity contribution in [2.24, 2.45) is 11.0 Å². The fourth-order valence-electron chi connectivity index (χ4n) is 6.02. The second-order valence-corrected chi connectivity index (χ2v) is 12.9. The molecule has 3 aliphatic rings. The predicted molar refractivity (Wildman–Crippen MR) is 191 cm³/mol. The normalized spacial score (nSPS) is 16.2. The average molecular weight is 789 g/mol. The number of carbonyl (C=O) groups is 1. The van der Waals surface area contributed by atoms with Crippen LogP contribution >= 0.6 is 11.6 Å². The number of likely N-dealkylation sites (tertiary alicyclic amines) is 1. The maximum atomic E-state index is 15.0. The number of aliphatic hydroxyl groups is 1. The SMILES string of the molecule is C=C(O)C(F)(F)F.N#CCOc1ccc(-c2cnc3c(Nc4ccc(C(=O)N5CCN(CCN6CC(C7=NNNN7)C6)CC5)c(Cl)c4)nccn23)c(F)c1F. The van der Waals surface area contributed by atoms with Gasteiger partial charge in [-0.1, -0.05) is 18.2 Å². The molecule has 0 spiro atoms.